The maximum Gasteiger partial charge on any atom is 0.222 e. The van der Waals surface area contributed by atoms with Crippen molar-refractivity contribution < 1.29 is 4.79 Å². The first kappa shape index (κ1) is 14.5. The van der Waals surface area contributed by atoms with Gasteiger partial charge >= 0.3 is 0 Å². The van der Waals surface area contributed by atoms with Crippen molar-refractivity contribution in [2.45, 2.75) is 70.8 Å². The number of rotatable bonds is 8. The lowest BCUT2D eigenvalue weighted by atomic mass is 10.1. The van der Waals surface area contributed by atoms with Crippen molar-refractivity contribution in [3.05, 3.63) is 0 Å². The van der Waals surface area contributed by atoms with Gasteiger partial charge in [-0.05, 0) is 39.2 Å². The number of hydrogen-bond donors (Lipinski definition) is 1. The summed E-state index contributed by atoms with van der Waals surface area (Å²) >= 11 is 0. The van der Waals surface area contributed by atoms with Gasteiger partial charge in [-0.3, -0.25) is 4.79 Å². The number of hydrogen-bond acceptors (Lipinski definition) is 2. The molecule has 0 aromatic rings. The molecule has 0 aromatic carbocycles. The SMILES string of the molecule is CCN(C(=O)CCCCCCN)C1CCCC1. The summed E-state index contributed by atoms with van der Waals surface area (Å²) in [6.07, 6.45) is 10.2. The first-order valence-electron chi connectivity index (χ1n) is 7.29. The molecule has 100 valence electrons. The van der Waals surface area contributed by atoms with Crippen molar-refractivity contribution in [2.75, 3.05) is 13.1 Å². The van der Waals surface area contributed by atoms with Crippen LogP contribution in [0.25, 0.3) is 0 Å². The number of amides is 1. The van der Waals surface area contributed by atoms with Crippen molar-refractivity contribution in [2.24, 2.45) is 5.73 Å². The van der Waals surface area contributed by atoms with Crippen LogP contribution >= 0.6 is 0 Å². The van der Waals surface area contributed by atoms with E-state index in [1.165, 1.54) is 32.1 Å². The molecule has 1 amide bonds. The molecule has 0 spiro atoms. The van der Waals surface area contributed by atoms with Crippen molar-refractivity contribution in [1.29, 1.82) is 0 Å². The molecule has 3 nitrogen and oxygen atoms in total. The minimum Gasteiger partial charge on any atom is -0.340 e. The average molecular weight is 240 g/mol. The molecule has 0 aromatic heterocycles. The molecule has 0 aliphatic heterocycles. The van der Waals surface area contributed by atoms with Gasteiger partial charge in [-0.15, -0.1) is 0 Å². The number of carbonyl (C=O) groups is 1. The second kappa shape index (κ2) is 8.51. The summed E-state index contributed by atoms with van der Waals surface area (Å²) in [4.78, 5) is 14.2. The second-order valence-corrected chi connectivity index (χ2v) is 5.07. The topological polar surface area (TPSA) is 46.3 Å². The van der Waals surface area contributed by atoms with E-state index in [1.807, 2.05) is 0 Å². The average Bonchev–Trinajstić information content (AvgIpc) is 2.83. The van der Waals surface area contributed by atoms with Crippen LogP contribution in [-0.2, 0) is 4.79 Å². The summed E-state index contributed by atoms with van der Waals surface area (Å²) in [6.45, 7) is 3.76. The molecule has 0 saturated heterocycles. The molecule has 0 atom stereocenters. The molecule has 1 aliphatic carbocycles. The van der Waals surface area contributed by atoms with E-state index in [9.17, 15) is 4.79 Å². The van der Waals surface area contributed by atoms with Crippen LogP contribution in [0.4, 0.5) is 0 Å². The van der Waals surface area contributed by atoms with Crippen LogP contribution in [0, 0.1) is 0 Å². The highest BCUT2D eigenvalue weighted by atomic mass is 16.2. The lowest BCUT2D eigenvalue weighted by Crippen LogP contribution is -2.38. The van der Waals surface area contributed by atoms with Gasteiger partial charge in [0.05, 0.1) is 0 Å². The summed E-state index contributed by atoms with van der Waals surface area (Å²) in [6, 6.07) is 0.538. The van der Waals surface area contributed by atoms with Gasteiger partial charge in [-0.25, -0.2) is 0 Å². The molecule has 0 unspecified atom stereocenters. The maximum atomic E-state index is 12.1. The van der Waals surface area contributed by atoms with Crippen LogP contribution in [0.3, 0.4) is 0 Å². The molecule has 0 heterocycles. The molecule has 1 saturated carbocycles. The smallest absolute Gasteiger partial charge is 0.222 e. The number of carbonyl (C=O) groups excluding carboxylic acids is 1. The Hall–Kier alpha value is -0.570. The maximum absolute atomic E-state index is 12.1. The first-order valence-corrected chi connectivity index (χ1v) is 7.29. The highest BCUT2D eigenvalue weighted by molar-refractivity contribution is 5.76. The summed E-state index contributed by atoms with van der Waals surface area (Å²) in [5.41, 5.74) is 5.45. The van der Waals surface area contributed by atoms with Crippen molar-refractivity contribution >= 4 is 5.91 Å². The lowest BCUT2D eigenvalue weighted by molar-refractivity contribution is -0.133. The van der Waals surface area contributed by atoms with Gasteiger partial charge in [0.2, 0.25) is 5.91 Å². The zero-order valence-corrected chi connectivity index (χ0v) is 11.3. The number of unbranched alkanes of at least 4 members (excludes halogenated alkanes) is 3. The van der Waals surface area contributed by atoms with Crippen molar-refractivity contribution in [1.82, 2.24) is 4.90 Å². The third-order valence-corrected chi connectivity index (χ3v) is 3.77. The predicted octanol–water partition coefficient (Wildman–Crippen LogP) is 2.69. The Morgan fingerprint density at radius 1 is 1.18 bits per heavy atom. The van der Waals surface area contributed by atoms with Gasteiger partial charge in [0.15, 0.2) is 0 Å². The van der Waals surface area contributed by atoms with Crippen LogP contribution in [0.15, 0.2) is 0 Å². The Balaban J connectivity index is 2.19. The first-order chi connectivity index (χ1) is 8.29. The third kappa shape index (κ3) is 5.07. The van der Waals surface area contributed by atoms with Gasteiger partial charge in [0, 0.05) is 19.0 Å². The van der Waals surface area contributed by atoms with Crippen LogP contribution in [0.2, 0.25) is 0 Å². The fourth-order valence-electron chi connectivity index (χ4n) is 2.77. The van der Waals surface area contributed by atoms with Crippen molar-refractivity contribution in [3.63, 3.8) is 0 Å². The molecule has 3 heteroatoms. The number of nitrogens with two attached hydrogens (primary N) is 1. The van der Waals surface area contributed by atoms with Crippen LogP contribution in [-0.4, -0.2) is 29.9 Å². The zero-order chi connectivity index (χ0) is 12.5. The monoisotopic (exact) mass is 240 g/mol. The molecule has 1 aliphatic rings. The van der Waals surface area contributed by atoms with Crippen LogP contribution < -0.4 is 5.73 Å². The van der Waals surface area contributed by atoms with Gasteiger partial charge in [-0.1, -0.05) is 25.7 Å². The molecule has 2 N–H and O–H groups in total. The van der Waals surface area contributed by atoms with Crippen LogP contribution in [0.5, 0.6) is 0 Å². The van der Waals surface area contributed by atoms with E-state index in [4.69, 9.17) is 5.73 Å². The summed E-state index contributed by atoms with van der Waals surface area (Å²) in [5.74, 6) is 0.368. The van der Waals surface area contributed by atoms with E-state index in [-0.39, 0.29) is 0 Å². The van der Waals surface area contributed by atoms with E-state index in [0.29, 0.717) is 11.9 Å². The van der Waals surface area contributed by atoms with Gasteiger partial charge in [-0.2, -0.15) is 0 Å². The molecule has 1 rings (SSSR count). The zero-order valence-electron chi connectivity index (χ0n) is 11.3. The van der Waals surface area contributed by atoms with E-state index in [2.05, 4.69) is 11.8 Å². The third-order valence-electron chi connectivity index (χ3n) is 3.77. The van der Waals surface area contributed by atoms with Gasteiger partial charge < -0.3 is 10.6 Å². The summed E-state index contributed by atoms with van der Waals surface area (Å²) in [7, 11) is 0. The Morgan fingerprint density at radius 3 is 2.41 bits per heavy atom. The molecular weight excluding hydrogens is 212 g/mol. The fraction of sp³-hybridized carbons (Fsp3) is 0.929. The minimum atomic E-state index is 0.368. The Labute approximate surface area is 106 Å². The highest BCUT2D eigenvalue weighted by Gasteiger charge is 2.24. The molecular formula is C14H28N2O. The van der Waals surface area contributed by atoms with E-state index in [0.717, 1.165) is 38.8 Å². The molecule has 0 bridgehead atoms. The van der Waals surface area contributed by atoms with Crippen LogP contribution in [0.1, 0.15) is 64.7 Å². The highest BCUT2D eigenvalue weighted by Crippen LogP contribution is 2.24. The second-order valence-electron chi connectivity index (χ2n) is 5.07. The minimum absolute atomic E-state index is 0.368. The van der Waals surface area contributed by atoms with E-state index < -0.39 is 0 Å². The van der Waals surface area contributed by atoms with Gasteiger partial charge in [0.1, 0.15) is 0 Å². The molecule has 1 fully saturated rings. The molecule has 17 heavy (non-hydrogen) atoms. The van der Waals surface area contributed by atoms with Gasteiger partial charge in [0.25, 0.3) is 0 Å². The van der Waals surface area contributed by atoms with E-state index >= 15 is 0 Å². The van der Waals surface area contributed by atoms with E-state index in [1.54, 1.807) is 0 Å². The Morgan fingerprint density at radius 2 is 1.82 bits per heavy atom. The normalized spacial score (nSPS) is 16.4. The summed E-state index contributed by atoms with van der Waals surface area (Å²) < 4.78 is 0. The quantitative estimate of drug-likeness (QED) is 0.663. The fourth-order valence-corrected chi connectivity index (χ4v) is 2.77. The standard InChI is InChI=1S/C14H28N2O/c1-2-16(13-9-6-7-10-13)14(17)11-5-3-4-8-12-15/h13H,2-12,15H2,1H3. The lowest BCUT2D eigenvalue weighted by Gasteiger charge is -2.27. The number of nitrogens with zero attached hydrogens (tertiary/aromatic N) is 1. The Bertz CT molecular complexity index is 212. The Kier molecular flexibility index (Phi) is 7.25. The predicted molar refractivity (Wildman–Crippen MR) is 71.8 cm³/mol. The summed E-state index contributed by atoms with van der Waals surface area (Å²) in [5, 5.41) is 0. The van der Waals surface area contributed by atoms with Crippen molar-refractivity contribution in [3.8, 4) is 0 Å². The molecule has 0 radical (unpaired) electrons. The largest absolute Gasteiger partial charge is 0.340 e.